The highest BCUT2D eigenvalue weighted by molar-refractivity contribution is 7.92. The predicted octanol–water partition coefficient (Wildman–Crippen LogP) is 4.55. The molecule has 0 aromatic heterocycles. The highest BCUT2D eigenvalue weighted by atomic mass is 32.2. The summed E-state index contributed by atoms with van der Waals surface area (Å²) in [6.07, 6.45) is 0.321. The van der Waals surface area contributed by atoms with Crippen molar-refractivity contribution in [3.8, 4) is 17.2 Å². The standard InChI is InChI=1S/C32H41N3O7S/c1-8-28(32(37)33-22(2)3)34(20-24-10-9-11-26(18-24)40-5)31(36)21-35(25-14-12-23(4)13-15-25)43(38,39)27-16-17-29(41-6)30(19-27)42-7/h9-19,22,28H,8,20-21H2,1-7H3,(H,33,37)/t28-/m1/s1. The summed E-state index contributed by atoms with van der Waals surface area (Å²) in [5.74, 6) is 0.333. The van der Waals surface area contributed by atoms with Gasteiger partial charge in [-0.2, -0.15) is 0 Å². The summed E-state index contributed by atoms with van der Waals surface area (Å²) in [5.41, 5.74) is 1.96. The lowest BCUT2D eigenvalue weighted by atomic mass is 10.1. The van der Waals surface area contributed by atoms with E-state index in [2.05, 4.69) is 5.32 Å². The van der Waals surface area contributed by atoms with Crippen LogP contribution in [0.1, 0.15) is 38.3 Å². The van der Waals surface area contributed by atoms with Gasteiger partial charge in [-0.15, -0.1) is 0 Å². The SMILES string of the molecule is CC[C@H](C(=O)NC(C)C)N(Cc1cccc(OC)c1)C(=O)CN(c1ccc(C)cc1)S(=O)(=O)c1ccc(OC)c(OC)c1. The number of anilines is 1. The van der Waals surface area contributed by atoms with E-state index >= 15 is 0 Å². The van der Waals surface area contributed by atoms with Gasteiger partial charge in [-0.05, 0) is 69.2 Å². The Bertz CT molecular complexity index is 1510. The zero-order valence-corrected chi connectivity index (χ0v) is 26.6. The summed E-state index contributed by atoms with van der Waals surface area (Å²) in [5, 5.41) is 2.89. The van der Waals surface area contributed by atoms with Gasteiger partial charge in [0, 0.05) is 18.7 Å². The molecule has 11 heteroatoms. The number of carbonyl (C=O) groups is 2. The third-order valence-corrected chi connectivity index (χ3v) is 8.62. The maximum Gasteiger partial charge on any atom is 0.264 e. The Hall–Kier alpha value is -4.25. The minimum absolute atomic E-state index is 0.0677. The van der Waals surface area contributed by atoms with Crippen molar-refractivity contribution in [2.75, 3.05) is 32.2 Å². The van der Waals surface area contributed by atoms with Crippen LogP contribution in [0.5, 0.6) is 17.2 Å². The first kappa shape index (κ1) is 33.3. The zero-order chi connectivity index (χ0) is 31.7. The van der Waals surface area contributed by atoms with Gasteiger partial charge in [-0.25, -0.2) is 8.42 Å². The first-order valence-electron chi connectivity index (χ1n) is 14.0. The quantitative estimate of drug-likeness (QED) is 0.285. The van der Waals surface area contributed by atoms with Gasteiger partial charge < -0.3 is 24.4 Å². The number of rotatable bonds is 14. The molecule has 0 bridgehead atoms. The van der Waals surface area contributed by atoms with Crippen LogP contribution in [-0.4, -0.2) is 65.1 Å². The molecule has 0 aliphatic heterocycles. The number of nitrogens with zero attached hydrogens (tertiary/aromatic N) is 2. The fourth-order valence-electron chi connectivity index (χ4n) is 4.61. The Labute approximate surface area is 254 Å². The van der Waals surface area contributed by atoms with Crippen LogP contribution in [0.4, 0.5) is 5.69 Å². The molecule has 3 aromatic rings. The summed E-state index contributed by atoms with van der Waals surface area (Å²) in [7, 11) is 0.142. The Morgan fingerprint density at radius 3 is 2.14 bits per heavy atom. The molecule has 1 atom stereocenters. The molecule has 2 amide bonds. The van der Waals surface area contributed by atoms with Crippen LogP contribution in [0.25, 0.3) is 0 Å². The van der Waals surface area contributed by atoms with E-state index in [9.17, 15) is 18.0 Å². The number of hydrogen-bond donors (Lipinski definition) is 1. The normalized spacial score (nSPS) is 11.9. The molecule has 232 valence electrons. The fourth-order valence-corrected chi connectivity index (χ4v) is 6.04. The monoisotopic (exact) mass is 611 g/mol. The number of amides is 2. The van der Waals surface area contributed by atoms with Gasteiger partial charge in [0.1, 0.15) is 18.3 Å². The summed E-state index contributed by atoms with van der Waals surface area (Å²) in [4.78, 5) is 28.9. The average molecular weight is 612 g/mol. The summed E-state index contributed by atoms with van der Waals surface area (Å²) >= 11 is 0. The molecule has 0 heterocycles. The zero-order valence-electron chi connectivity index (χ0n) is 25.8. The van der Waals surface area contributed by atoms with E-state index in [1.54, 1.807) is 49.6 Å². The van der Waals surface area contributed by atoms with E-state index in [0.717, 1.165) is 15.4 Å². The molecular formula is C32H41N3O7S. The Morgan fingerprint density at radius 2 is 1.56 bits per heavy atom. The van der Waals surface area contributed by atoms with Crippen molar-refractivity contribution < 1.29 is 32.2 Å². The molecule has 0 unspecified atom stereocenters. The lowest BCUT2D eigenvalue weighted by molar-refractivity contribution is -0.140. The first-order chi connectivity index (χ1) is 20.4. The van der Waals surface area contributed by atoms with Crippen LogP contribution < -0.4 is 23.8 Å². The molecule has 10 nitrogen and oxygen atoms in total. The van der Waals surface area contributed by atoms with Gasteiger partial charge in [-0.3, -0.25) is 13.9 Å². The van der Waals surface area contributed by atoms with Crippen molar-refractivity contribution in [3.63, 3.8) is 0 Å². The number of aryl methyl sites for hydroxylation is 1. The first-order valence-corrected chi connectivity index (χ1v) is 15.4. The summed E-state index contributed by atoms with van der Waals surface area (Å²) < 4.78 is 45.4. The minimum Gasteiger partial charge on any atom is -0.497 e. The number of carbonyl (C=O) groups excluding carboxylic acids is 2. The summed E-state index contributed by atoms with van der Waals surface area (Å²) in [6.45, 7) is 6.90. The van der Waals surface area contributed by atoms with Crippen molar-refractivity contribution in [1.82, 2.24) is 10.2 Å². The van der Waals surface area contributed by atoms with Crippen LogP contribution in [0, 0.1) is 6.92 Å². The average Bonchev–Trinajstić information content (AvgIpc) is 2.99. The van der Waals surface area contributed by atoms with Gasteiger partial charge in [0.15, 0.2) is 11.5 Å². The van der Waals surface area contributed by atoms with Crippen LogP contribution in [0.3, 0.4) is 0 Å². The highest BCUT2D eigenvalue weighted by Gasteiger charge is 2.34. The molecule has 1 N–H and O–H groups in total. The van der Waals surface area contributed by atoms with E-state index in [-0.39, 0.29) is 29.1 Å². The molecule has 3 aromatic carbocycles. The maximum atomic E-state index is 14.2. The van der Waals surface area contributed by atoms with Crippen molar-refractivity contribution in [3.05, 3.63) is 77.9 Å². The lowest BCUT2D eigenvalue weighted by Gasteiger charge is -2.33. The van der Waals surface area contributed by atoms with E-state index in [1.807, 2.05) is 33.8 Å². The van der Waals surface area contributed by atoms with Crippen LogP contribution in [-0.2, 0) is 26.2 Å². The van der Waals surface area contributed by atoms with E-state index in [0.29, 0.717) is 23.6 Å². The topological polar surface area (TPSA) is 114 Å². The molecule has 0 fully saturated rings. The number of ether oxygens (including phenoxy) is 3. The van der Waals surface area contributed by atoms with Gasteiger partial charge in [0.25, 0.3) is 10.0 Å². The highest BCUT2D eigenvalue weighted by Crippen LogP contribution is 2.32. The second kappa shape index (κ2) is 14.8. The lowest BCUT2D eigenvalue weighted by Crippen LogP contribution is -2.53. The molecule has 3 rings (SSSR count). The van der Waals surface area contributed by atoms with Crippen LogP contribution in [0.2, 0.25) is 0 Å². The third-order valence-electron chi connectivity index (χ3n) is 6.85. The fraction of sp³-hybridized carbons (Fsp3) is 0.375. The van der Waals surface area contributed by atoms with Crippen LogP contribution in [0.15, 0.2) is 71.6 Å². The number of hydrogen-bond acceptors (Lipinski definition) is 7. The van der Waals surface area contributed by atoms with Gasteiger partial charge >= 0.3 is 0 Å². The van der Waals surface area contributed by atoms with Gasteiger partial charge in [0.2, 0.25) is 11.8 Å². The van der Waals surface area contributed by atoms with Crippen molar-refractivity contribution >= 4 is 27.5 Å². The predicted molar refractivity (Wildman–Crippen MR) is 166 cm³/mol. The number of benzene rings is 3. The van der Waals surface area contributed by atoms with Crippen molar-refractivity contribution in [2.24, 2.45) is 0 Å². The second-order valence-corrected chi connectivity index (χ2v) is 12.2. The number of nitrogens with one attached hydrogen (secondary N) is 1. The Balaban J connectivity index is 2.11. The van der Waals surface area contributed by atoms with E-state index in [1.165, 1.54) is 37.3 Å². The Morgan fingerprint density at radius 1 is 0.884 bits per heavy atom. The van der Waals surface area contributed by atoms with E-state index < -0.39 is 28.5 Å². The molecule has 0 radical (unpaired) electrons. The maximum absolute atomic E-state index is 14.2. The number of methoxy groups -OCH3 is 3. The van der Waals surface area contributed by atoms with Crippen molar-refractivity contribution in [1.29, 1.82) is 0 Å². The van der Waals surface area contributed by atoms with Crippen LogP contribution >= 0.6 is 0 Å². The molecule has 0 aliphatic rings. The molecule has 0 spiro atoms. The third kappa shape index (κ3) is 8.19. The van der Waals surface area contributed by atoms with E-state index in [4.69, 9.17) is 14.2 Å². The van der Waals surface area contributed by atoms with Crippen molar-refractivity contribution in [2.45, 2.75) is 57.6 Å². The smallest absolute Gasteiger partial charge is 0.264 e. The summed E-state index contributed by atoms with van der Waals surface area (Å²) in [6, 6.07) is 17.3. The number of sulfonamides is 1. The van der Waals surface area contributed by atoms with Gasteiger partial charge in [-0.1, -0.05) is 36.8 Å². The minimum atomic E-state index is -4.28. The van der Waals surface area contributed by atoms with Gasteiger partial charge in [0.05, 0.1) is 31.9 Å². The molecule has 0 saturated carbocycles. The Kier molecular flexibility index (Phi) is 11.4. The molecule has 0 aliphatic carbocycles. The molecule has 43 heavy (non-hydrogen) atoms. The second-order valence-electron chi connectivity index (χ2n) is 10.3. The molecular weight excluding hydrogens is 570 g/mol. The molecule has 0 saturated heterocycles. The largest absolute Gasteiger partial charge is 0.497 e.